The van der Waals surface area contributed by atoms with Crippen LogP contribution in [0.15, 0.2) is 23.4 Å². The molecule has 0 aromatic carbocycles. The van der Waals surface area contributed by atoms with E-state index in [1.807, 2.05) is 13.8 Å². The fourth-order valence-corrected chi connectivity index (χ4v) is 1.51. The van der Waals surface area contributed by atoms with Crippen molar-refractivity contribution in [3.05, 3.63) is 23.4 Å². The van der Waals surface area contributed by atoms with E-state index in [4.69, 9.17) is 10.5 Å². The summed E-state index contributed by atoms with van der Waals surface area (Å²) in [6, 6.07) is 0. The normalized spacial score (nSPS) is 19.2. The molecule has 0 unspecified atom stereocenters. The van der Waals surface area contributed by atoms with Gasteiger partial charge in [-0.15, -0.1) is 0 Å². The molecule has 4 nitrogen and oxygen atoms in total. The number of ether oxygens (including phenoxy) is 1. The first-order valence-electron chi connectivity index (χ1n) is 5.16. The molecule has 0 aromatic heterocycles. The summed E-state index contributed by atoms with van der Waals surface area (Å²) in [7, 11) is 0. The first kappa shape index (κ1) is 11.8. The molecular weight excluding hydrogens is 192 g/mol. The van der Waals surface area contributed by atoms with Crippen molar-refractivity contribution in [1.82, 2.24) is 4.90 Å². The van der Waals surface area contributed by atoms with E-state index in [-0.39, 0.29) is 5.91 Å². The molecule has 1 amide bonds. The lowest BCUT2D eigenvalue weighted by atomic mass is 10.1. The molecule has 15 heavy (non-hydrogen) atoms. The molecule has 0 radical (unpaired) electrons. The fraction of sp³-hybridized carbons (Fsp3) is 0.545. The number of carbonyl (C=O) groups excluding carboxylic acids is 1. The molecule has 1 fully saturated rings. The van der Waals surface area contributed by atoms with Gasteiger partial charge < -0.3 is 15.4 Å². The Labute approximate surface area is 90.4 Å². The van der Waals surface area contributed by atoms with Crippen LogP contribution in [-0.4, -0.2) is 37.1 Å². The monoisotopic (exact) mass is 210 g/mol. The second-order valence-corrected chi connectivity index (χ2v) is 3.35. The van der Waals surface area contributed by atoms with E-state index in [1.54, 1.807) is 17.1 Å². The van der Waals surface area contributed by atoms with Crippen molar-refractivity contribution in [1.29, 1.82) is 0 Å². The van der Waals surface area contributed by atoms with Crippen LogP contribution in [0.4, 0.5) is 0 Å². The predicted octanol–water partition coefficient (Wildman–Crippen LogP) is 0.654. The Kier molecular flexibility index (Phi) is 4.37. The Morgan fingerprint density at radius 3 is 2.33 bits per heavy atom. The van der Waals surface area contributed by atoms with Gasteiger partial charge in [0.15, 0.2) is 0 Å². The number of hydrogen-bond donors (Lipinski definition) is 1. The SMILES string of the molecule is C/C=C(N)\C(=C/C)C(=O)N1CCOCC1. The zero-order chi connectivity index (χ0) is 11.3. The average molecular weight is 210 g/mol. The molecule has 0 aromatic rings. The summed E-state index contributed by atoms with van der Waals surface area (Å²) in [6.45, 7) is 6.16. The van der Waals surface area contributed by atoms with Crippen molar-refractivity contribution in [2.45, 2.75) is 13.8 Å². The molecule has 1 saturated heterocycles. The van der Waals surface area contributed by atoms with E-state index in [0.29, 0.717) is 37.6 Å². The minimum atomic E-state index is -0.00333. The van der Waals surface area contributed by atoms with Crippen molar-refractivity contribution >= 4 is 5.91 Å². The Bertz CT molecular complexity index is 289. The highest BCUT2D eigenvalue weighted by Gasteiger charge is 2.20. The van der Waals surface area contributed by atoms with Gasteiger partial charge in [-0.3, -0.25) is 4.79 Å². The molecule has 1 rings (SSSR count). The Hall–Kier alpha value is -1.29. The van der Waals surface area contributed by atoms with E-state index >= 15 is 0 Å². The van der Waals surface area contributed by atoms with Crippen LogP contribution in [0.1, 0.15) is 13.8 Å². The van der Waals surface area contributed by atoms with Crippen LogP contribution >= 0.6 is 0 Å². The number of amides is 1. The van der Waals surface area contributed by atoms with Crippen molar-refractivity contribution < 1.29 is 9.53 Å². The van der Waals surface area contributed by atoms with Crippen molar-refractivity contribution in [3.8, 4) is 0 Å². The first-order valence-corrected chi connectivity index (χ1v) is 5.16. The highest BCUT2D eigenvalue weighted by Crippen LogP contribution is 2.10. The van der Waals surface area contributed by atoms with E-state index in [0.717, 1.165) is 0 Å². The molecule has 1 heterocycles. The third-order valence-electron chi connectivity index (χ3n) is 2.44. The van der Waals surface area contributed by atoms with Crippen LogP contribution in [0.2, 0.25) is 0 Å². The third-order valence-corrected chi connectivity index (χ3v) is 2.44. The summed E-state index contributed by atoms with van der Waals surface area (Å²) >= 11 is 0. The molecule has 0 spiro atoms. The topological polar surface area (TPSA) is 55.6 Å². The summed E-state index contributed by atoms with van der Waals surface area (Å²) in [5.41, 5.74) is 6.87. The molecule has 0 atom stereocenters. The standard InChI is InChI=1S/C11H18N2O2/c1-3-9(10(12)4-2)11(14)13-5-7-15-8-6-13/h3-4H,5-8,12H2,1-2H3/b9-3+,10-4+. The van der Waals surface area contributed by atoms with Gasteiger partial charge in [0.2, 0.25) is 0 Å². The lowest BCUT2D eigenvalue weighted by molar-refractivity contribution is -0.130. The van der Waals surface area contributed by atoms with Gasteiger partial charge in [-0.05, 0) is 13.8 Å². The van der Waals surface area contributed by atoms with Gasteiger partial charge in [0.1, 0.15) is 0 Å². The molecule has 1 aliphatic rings. The van der Waals surface area contributed by atoms with E-state index in [1.165, 1.54) is 0 Å². The summed E-state index contributed by atoms with van der Waals surface area (Å²) in [6.07, 6.45) is 3.50. The quantitative estimate of drug-likeness (QED) is 0.538. The fourth-order valence-electron chi connectivity index (χ4n) is 1.51. The summed E-state index contributed by atoms with van der Waals surface area (Å²) in [4.78, 5) is 13.8. The summed E-state index contributed by atoms with van der Waals surface area (Å²) in [5, 5.41) is 0. The number of morpholine rings is 1. The van der Waals surface area contributed by atoms with Gasteiger partial charge in [0.25, 0.3) is 5.91 Å². The zero-order valence-corrected chi connectivity index (χ0v) is 9.32. The van der Waals surface area contributed by atoms with Crippen molar-refractivity contribution in [2.24, 2.45) is 5.73 Å². The Morgan fingerprint density at radius 2 is 1.87 bits per heavy atom. The Balaban J connectivity index is 2.73. The highest BCUT2D eigenvalue weighted by molar-refractivity contribution is 5.97. The average Bonchev–Trinajstić information content (AvgIpc) is 2.30. The van der Waals surface area contributed by atoms with E-state index < -0.39 is 0 Å². The summed E-state index contributed by atoms with van der Waals surface area (Å²) < 4.78 is 5.19. The first-order chi connectivity index (χ1) is 7.20. The van der Waals surface area contributed by atoms with Gasteiger partial charge in [0.05, 0.1) is 18.8 Å². The second-order valence-electron chi connectivity index (χ2n) is 3.35. The number of nitrogens with two attached hydrogens (primary N) is 1. The molecule has 0 aliphatic carbocycles. The Morgan fingerprint density at radius 1 is 1.27 bits per heavy atom. The largest absolute Gasteiger partial charge is 0.398 e. The number of nitrogens with zero attached hydrogens (tertiary/aromatic N) is 1. The van der Waals surface area contributed by atoms with Crippen LogP contribution < -0.4 is 5.73 Å². The second kappa shape index (κ2) is 5.56. The van der Waals surface area contributed by atoms with Gasteiger partial charge in [0, 0.05) is 18.8 Å². The molecule has 0 bridgehead atoms. The van der Waals surface area contributed by atoms with Crippen LogP contribution in [0, 0.1) is 0 Å². The van der Waals surface area contributed by atoms with Gasteiger partial charge >= 0.3 is 0 Å². The van der Waals surface area contributed by atoms with Crippen molar-refractivity contribution in [2.75, 3.05) is 26.3 Å². The lowest BCUT2D eigenvalue weighted by Gasteiger charge is -2.27. The maximum Gasteiger partial charge on any atom is 0.255 e. The van der Waals surface area contributed by atoms with Crippen LogP contribution in [0.5, 0.6) is 0 Å². The number of rotatable bonds is 2. The lowest BCUT2D eigenvalue weighted by Crippen LogP contribution is -2.42. The minimum absolute atomic E-state index is 0.00333. The highest BCUT2D eigenvalue weighted by atomic mass is 16.5. The minimum Gasteiger partial charge on any atom is -0.398 e. The molecule has 84 valence electrons. The van der Waals surface area contributed by atoms with Gasteiger partial charge in [-0.1, -0.05) is 12.2 Å². The van der Waals surface area contributed by atoms with Crippen LogP contribution in [-0.2, 0) is 9.53 Å². The van der Waals surface area contributed by atoms with Crippen LogP contribution in [0.3, 0.4) is 0 Å². The zero-order valence-electron chi connectivity index (χ0n) is 9.32. The smallest absolute Gasteiger partial charge is 0.255 e. The molecule has 1 aliphatic heterocycles. The number of carbonyl (C=O) groups is 1. The number of allylic oxidation sites excluding steroid dienone is 2. The maximum atomic E-state index is 12.0. The van der Waals surface area contributed by atoms with Crippen LogP contribution in [0.25, 0.3) is 0 Å². The molecule has 2 N–H and O–H groups in total. The predicted molar refractivity (Wildman–Crippen MR) is 59.1 cm³/mol. The van der Waals surface area contributed by atoms with Gasteiger partial charge in [-0.2, -0.15) is 0 Å². The van der Waals surface area contributed by atoms with E-state index in [9.17, 15) is 4.79 Å². The van der Waals surface area contributed by atoms with E-state index in [2.05, 4.69) is 0 Å². The molecule has 4 heteroatoms. The number of hydrogen-bond acceptors (Lipinski definition) is 3. The third kappa shape index (κ3) is 2.83. The van der Waals surface area contributed by atoms with Crippen molar-refractivity contribution in [3.63, 3.8) is 0 Å². The van der Waals surface area contributed by atoms with Gasteiger partial charge in [-0.25, -0.2) is 0 Å². The summed E-state index contributed by atoms with van der Waals surface area (Å²) in [5.74, 6) is -0.00333. The molecular formula is C11H18N2O2. The molecule has 0 saturated carbocycles. The maximum absolute atomic E-state index is 12.0.